The second-order valence-electron chi connectivity index (χ2n) is 6.89. The summed E-state index contributed by atoms with van der Waals surface area (Å²) >= 11 is 1.39. The molecule has 0 aliphatic carbocycles. The molecular formula is C22H19N3O5S. The minimum atomic E-state index is -0.196. The molecule has 158 valence electrons. The molecule has 0 fully saturated rings. The summed E-state index contributed by atoms with van der Waals surface area (Å²) in [5.41, 5.74) is 2.30. The van der Waals surface area contributed by atoms with E-state index < -0.39 is 0 Å². The molecule has 3 heterocycles. The van der Waals surface area contributed by atoms with Crippen LogP contribution in [0.15, 0.2) is 42.5 Å². The number of nitrogens with zero attached hydrogens (tertiary/aromatic N) is 2. The molecule has 9 heteroatoms. The van der Waals surface area contributed by atoms with Gasteiger partial charge < -0.3 is 24.3 Å². The Morgan fingerprint density at radius 3 is 2.68 bits per heavy atom. The lowest BCUT2D eigenvalue weighted by Gasteiger charge is -2.08. The molecule has 1 N–H and O–H groups in total. The maximum absolute atomic E-state index is 12.9. The van der Waals surface area contributed by atoms with Crippen molar-refractivity contribution < 1.29 is 23.7 Å². The van der Waals surface area contributed by atoms with Gasteiger partial charge in [-0.2, -0.15) is 5.10 Å². The average Bonchev–Trinajstić information content (AvgIpc) is 3.49. The van der Waals surface area contributed by atoms with Gasteiger partial charge in [0.05, 0.1) is 19.1 Å². The van der Waals surface area contributed by atoms with E-state index in [-0.39, 0.29) is 12.7 Å². The molecule has 4 aromatic rings. The SMILES string of the molecule is COc1ccc(-c2nn(C)c3sc(C(=O)Nc4ccc5c(c4)OCO5)cc23)cc1OC. The summed E-state index contributed by atoms with van der Waals surface area (Å²) in [5.74, 6) is 2.36. The van der Waals surface area contributed by atoms with Gasteiger partial charge in [0.25, 0.3) is 5.91 Å². The number of carbonyl (C=O) groups excluding carboxylic acids is 1. The number of fused-ring (bicyclic) bond motifs is 2. The number of carbonyl (C=O) groups is 1. The van der Waals surface area contributed by atoms with Crippen molar-refractivity contribution in [3.8, 4) is 34.3 Å². The second kappa shape index (κ2) is 7.51. The van der Waals surface area contributed by atoms with Gasteiger partial charge in [-0.05, 0) is 36.4 Å². The van der Waals surface area contributed by atoms with Gasteiger partial charge in [0.15, 0.2) is 23.0 Å². The van der Waals surface area contributed by atoms with Crippen LogP contribution in [0.5, 0.6) is 23.0 Å². The van der Waals surface area contributed by atoms with Crippen LogP contribution < -0.4 is 24.3 Å². The van der Waals surface area contributed by atoms with Crippen LogP contribution in [0.3, 0.4) is 0 Å². The highest BCUT2D eigenvalue weighted by atomic mass is 32.1. The second-order valence-corrected chi connectivity index (χ2v) is 7.92. The molecule has 0 atom stereocenters. The van der Waals surface area contributed by atoms with Crippen molar-refractivity contribution in [3.63, 3.8) is 0 Å². The summed E-state index contributed by atoms with van der Waals surface area (Å²) < 4.78 is 23.2. The van der Waals surface area contributed by atoms with Crippen molar-refractivity contribution in [2.75, 3.05) is 26.3 Å². The van der Waals surface area contributed by atoms with Gasteiger partial charge in [-0.1, -0.05) is 0 Å². The largest absolute Gasteiger partial charge is 0.493 e. The minimum Gasteiger partial charge on any atom is -0.493 e. The first-order chi connectivity index (χ1) is 15.1. The lowest BCUT2D eigenvalue weighted by atomic mass is 10.1. The number of nitrogens with one attached hydrogen (secondary N) is 1. The molecule has 31 heavy (non-hydrogen) atoms. The van der Waals surface area contributed by atoms with Gasteiger partial charge in [0, 0.05) is 29.8 Å². The molecule has 2 aromatic carbocycles. The first-order valence-corrected chi connectivity index (χ1v) is 10.3. The number of aromatic nitrogens is 2. The Morgan fingerprint density at radius 1 is 1.06 bits per heavy atom. The van der Waals surface area contributed by atoms with E-state index in [0.717, 1.165) is 21.5 Å². The Labute approximate surface area is 181 Å². The van der Waals surface area contributed by atoms with Crippen molar-refractivity contribution in [2.24, 2.45) is 7.05 Å². The van der Waals surface area contributed by atoms with Crippen LogP contribution in [0, 0.1) is 0 Å². The fraction of sp³-hybridized carbons (Fsp3) is 0.182. The number of methoxy groups -OCH3 is 2. The highest BCUT2D eigenvalue weighted by molar-refractivity contribution is 7.20. The van der Waals surface area contributed by atoms with E-state index >= 15 is 0 Å². The number of aryl methyl sites for hydroxylation is 1. The topological polar surface area (TPSA) is 83.8 Å². The van der Waals surface area contributed by atoms with Crippen LogP contribution >= 0.6 is 11.3 Å². The van der Waals surface area contributed by atoms with E-state index in [2.05, 4.69) is 10.4 Å². The zero-order valence-electron chi connectivity index (χ0n) is 17.1. The number of thiophene rings is 1. The van der Waals surface area contributed by atoms with Gasteiger partial charge in [-0.3, -0.25) is 9.48 Å². The molecule has 1 amide bonds. The zero-order chi connectivity index (χ0) is 21.5. The highest BCUT2D eigenvalue weighted by Gasteiger charge is 2.20. The summed E-state index contributed by atoms with van der Waals surface area (Å²) in [5, 5.41) is 8.46. The van der Waals surface area contributed by atoms with E-state index in [1.54, 1.807) is 37.1 Å². The third kappa shape index (κ3) is 3.32. The van der Waals surface area contributed by atoms with Crippen molar-refractivity contribution in [2.45, 2.75) is 0 Å². The Morgan fingerprint density at radius 2 is 1.87 bits per heavy atom. The van der Waals surface area contributed by atoms with Crippen LogP contribution in [0.25, 0.3) is 21.5 Å². The maximum atomic E-state index is 12.9. The third-order valence-electron chi connectivity index (χ3n) is 5.02. The van der Waals surface area contributed by atoms with Crippen molar-refractivity contribution in [3.05, 3.63) is 47.3 Å². The molecule has 1 aliphatic rings. The number of ether oxygens (including phenoxy) is 4. The Hall–Kier alpha value is -3.72. The molecular weight excluding hydrogens is 418 g/mol. The monoisotopic (exact) mass is 437 g/mol. The van der Waals surface area contributed by atoms with Crippen LogP contribution in [-0.4, -0.2) is 36.7 Å². The Bertz CT molecular complexity index is 1310. The normalized spacial score (nSPS) is 12.2. The summed E-state index contributed by atoms with van der Waals surface area (Å²) in [4.78, 5) is 14.4. The molecule has 0 spiro atoms. The number of amides is 1. The quantitative estimate of drug-likeness (QED) is 0.501. The van der Waals surface area contributed by atoms with E-state index in [0.29, 0.717) is 33.6 Å². The molecule has 0 unspecified atom stereocenters. The average molecular weight is 437 g/mol. The predicted octanol–water partition coefficient (Wildman–Crippen LogP) is 4.30. The van der Waals surface area contributed by atoms with Crippen LogP contribution in [0.2, 0.25) is 0 Å². The van der Waals surface area contributed by atoms with E-state index in [1.165, 1.54) is 11.3 Å². The fourth-order valence-corrected chi connectivity index (χ4v) is 4.48. The van der Waals surface area contributed by atoms with Crippen molar-refractivity contribution in [1.82, 2.24) is 9.78 Å². The molecule has 1 aliphatic heterocycles. The lowest BCUT2D eigenvalue weighted by molar-refractivity contribution is 0.103. The summed E-state index contributed by atoms with van der Waals surface area (Å²) in [6, 6.07) is 12.8. The molecule has 0 saturated heterocycles. The summed E-state index contributed by atoms with van der Waals surface area (Å²) in [7, 11) is 5.06. The molecule has 0 bridgehead atoms. The first kappa shape index (κ1) is 19.3. The summed E-state index contributed by atoms with van der Waals surface area (Å²) in [6.07, 6.45) is 0. The first-order valence-electron chi connectivity index (χ1n) is 9.47. The number of anilines is 1. The van der Waals surface area contributed by atoms with Crippen LogP contribution in [0.4, 0.5) is 5.69 Å². The Balaban J connectivity index is 1.47. The van der Waals surface area contributed by atoms with E-state index in [1.807, 2.05) is 31.3 Å². The molecule has 0 saturated carbocycles. The highest BCUT2D eigenvalue weighted by Crippen LogP contribution is 2.38. The molecule has 2 aromatic heterocycles. The smallest absolute Gasteiger partial charge is 0.265 e. The van der Waals surface area contributed by atoms with E-state index in [9.17, 15) is 4.79 Å². The molecule has 8 nitrogen and oxygen atoms in total. The van der Waals surface area contributed by atoms with Gasteiger partial charge in [-0.15, -0.1) is 11.3 Å². The minimum absolute atomic E-state index is 0.189. The maximum Gasteiger partial charge on any atom is 0.265 e. The Kier molecular flexibility index (Phi) is 4.67. The standard InChI is InChI=1S/C22H19N3O5S/c1-25-22-14(20(24-25)12-4-6-15(27-2)17(8-12)28-3)10-19(31-22)21(26)23-13-5-7-16-18(9-13)30-11-29-16/h4-10H,11H2,1-3H3,(H,23,26). The van der Waals surface area contributed by atoms with Crippen molar-refractivity contribution >= 4 is 33.1 Å². The number of benzene rings is 2. The number of hydrogen-bond donors (Lipinski definition) is 1. The van der Waals surface area contributed by atoms with Gasteiger partial charge in [0.1, 0.15) is 10.5 Å². The zero-order valence-corrected chi connectivity index (χ0v) is 17.9. The molecule has 0 radical (unpaired) electrons. The van der Waals surface area contributed by atoms with Gasteiger partial charge in [0.2, 0.25) is 6.79 Å². The van der Waals surface area contributed by atoms with Gasteiger partial charge in [-0.25, -0.2) is 0 Å². The van der Waals surface area contributed by atoms with E-state index in [4.69, 9.17) is 18.9 Å². The lowest BCUT2D eigenvalue weighted by Crippen LogP contribution is -2.10. The number of hydrogen-bond acceptors (Lipinski definition) is 7. The summed E-state index contributed by atoms with van der Waals surface area (Å²) in [6.45, 7) is 0.189. The predicted molar refractivity (Wildman–Crippen MR) is 118 cm³/mol. The molecule has 5 rings (SSSR count). The van der Waals surface area contributed by atoms with Crippen molar-refractivity contribution in [1.29, 1.82) is 0 Å². The van der Waals surface area contributed by atoms with Crippen LogP contribution in [-0.2, 0) is 7.05 Å². The number of rotatable bonds is 5. The fourth-order valence-electron chi connectivity index (χ4n) is 3.52. The van der Waals surface area contributed by atoms with Gasteiger partial charge >= 0.3 is 0 Å². The third-order valence-corrected chi connectivity index (χ3v) is 6.22. The van der Waals surface area contributed by atoms with Crippen LogP contribution in [0.1, 0.15) is 9.67 Å².